The van der Waals surface area contributed by atoms with Crippen molar-refractivity contribution in [3.8, 4) is 0 Å². The predicted molar refractivity (Wildman–Crippen MR) is 53.3 cm³/mol. The SMILES string of the molecule is [CH2]CS(=O)(=O)c1c(C)cccc1C. The minimum atomic E-state index is -3.17. The third kappa shape index (κ3) is 1.91. The molecule has 1 radical (unpaired) electrons. The number of sulfone groups is 1. The molecule has 0 saturated heterocycles. The summed E-state index contributed by atoms with van der Waals surface area (Å²) in [6.45, 7) is 7.03. The first-order chi connectivity index (χ1) is 5.99. The van der Waals surface area contributed by atoms with Gasteiger partial charge >= 0.3 is 0 Å². The molecular weight excluding hydrogens is 184 g/mol. The van der Waals surface area contributed by atoms with E-state index in [0.717, 1.165) is 11.1 Å². The molecular formula is C10H13O2S. The van der Waals surface area contributed by atoms with Gasteiger partial charge in [0.25, 0.3) is 0 Å². The van der Waals surface area contributed by atoms with Crippen molar-refractivity contribution in [3.63, 3.8) is 0 Å². The van der Waals surface area contributed by atoms with E-state index in [1.165, 1.54) is 0 Å². The molecule has 1 aromatic rings. The fourth-order valence-electron chi connectivity index (χ4n) is 1.39. The first-order valence-corrected chi connectivity index (χ1v) is 5.72. The van der Waals surface area contributed by atoms with Crippen LogP contribution in [0.3, 0.4) is 0 Å². The van der Waals surface area contributed by atoms with Crippen LogP contribution in [0.25, 0.3) is 0 Å². The van der Waals surface area contributed by atoms with E-state index >= 15 is 0 Å². The molecule has 1 rings (SSSR count). The Labute approximate surface area is 79.5 Å². The lowest BCUT2D eigenvalue weighted by atomic mass is 10.2. The summed E-state index contributed by atoms with van der Waals surface area (Å²) in [6, 6.07) is 5.46. The Bertz CT molecular complexity index is 385. The quantitative estimate of drug-likeness (QED) is 0.725. The maximum Gasteiger partial charge on any atom is 0.178 e. The smallest absolute Gasteiger partial charge is 0.178 e. The fourth-order valence-corrected chi connectivity index (χ4v) is 2.71. The van der Waals surface area contributed by atoms with Gasteiger partial charge in [-0.3, -0.25) is 0 Å². The van der Waals surface area contributed by atoms with Crippen LogP contribution in [0.15, 0.2) is 23.1 Å². The fraction of sp³-hybridized carbons (Fsp3) is 0.300. The van der Waals surface area contributed by atoms with E-state index in [9.17, 15) is 8.42 Å². The minimum absolute atomic E-state index is 0.0846. The van der Waals surface area contributed by atoms with Crippen LogP contribution >= 0.6 is 0 Å². The van der Waals surface area contributed by atoms with Gasteiger partial charge in [-0.2, -0.15) is 0 Å². The van der Waals surface area contributed by atoms with Crippen molar-refractivity contribution in [2.75, 3.05) is 5.75 Å². The summed E-state index contributed by atoms with van der Waals surface area (Å²) in [4.78, 5) is 0.435. The Morgan fingerprint density at radius 3 is 2.08 bits per heavy atom. The topological polar surface area (TPSA) is 34.1 Å². The highest BCUT2D eigenvalue weighted by molar-refractivity contribution is 7.91. The molecule has 0 saturated carbocycles. The van der Waals surface area contributed by atoms with Crippen molar-refractivity contribution in [3.05, 3.63) is 36.2 Å². The molecule has 0 aliphatic rings. The van der Waals surface area contributed by atoms with Gasteiger partial charge in [0, 0.05) is 0 Å². The number of benzene rings is 1. The van der Waals surface area contributed by atoms with Gasteiger partial charge in [-0.25, -0.2) is 8.42 Å². The summed E-state index contributed by atoms with van der Waals surface area (Å²) in [6.07, 6.45) is 0. The van der Waals surface area contributed by atoms with Gasteiger partial charge in [-0.15, -0.1) is 0 Å². The molecule has 0 aromatic heterocycles. The first-order valence-electron chi connectivity index (χ1n) is 4.07. The molecule has 13 heavy (non-hydrogen) atoms. The highest BCUT2D eigenvalue weighted by Crippen LogP contribution is 2.20. The number of aryl methyl sites for hydroxylation is 2. The second-order valence-electron chi connectivity index (χ2n) is 3.04. The van der Waals surface area contributed by atoms with Crippen molar-refractivity contribution < 1.29 is 8.42 Å². The Morgan fingerprint density at radius 1 is 1.23 bits per heavy atom. The van der Waals surface area contributed by atoms with Crippen LogP contribution in [0.5, 0.6) is 0 Å². The normalized spacial score (nSPS) is 11.6. The molecule has 0 amide bonds. The molecule has 0 spiro atoms. The van der Waals surface area contributed by atoms with Gasteiger partial charge in [-0.1, -0.05) is 18.2 Å². The maximum atomic E-state index is 11.6. The Hall–Kier alpha value is -0.830. The van der Waals surface area contributed by atoms with Crippen molar-refractivity contribution in [2.24, 2.45) is 0 Å². The summed E-state index contributed by atoms with van der Waals surface area (Å²) < 4.78 is 23.2. The molecule has 0 atom stereocenters. The molecule has 0 fully saturated rings. The van der Waals surface area contributed by atoms with Crippen molar-refractivity contribution in [1.29, 1.82) is 0 Å². The Balaban J connectivity index is 3.46. The van der Waals surface area contributed by atoms with Gasteiger partial charge in [0.15, 0.2) is 9.84 Å². The Kier molecular flexibility index (Phi) is 2.76. The lowest BCUT2D eigenvalue weighted by Crippen LogP contribution is -2.07. The minimum Gasteiger partial charge on any atom is -0.224 e. The van der Waals surface area contributed by atoms with E-state index in [0.29, 0.717) is 4.90 Å². The second kappa shape index (κ2) is 3.50. The molecule has 0 unspecified atom stereocenters. The van der Waals surface area contributed by atoms with Crippen LogP contribution in [-0.2, 0) is 9.84 Å². The largest absolute Gasteiger partial charge is 0.224 e. The van der Waals surface area contributed by atoms with Gasteiger partial charge in [-0.05, 0) is 31.9 Å². The van der Waals surface area contributed by atoms with Crippen molar-refractivity contribution in [1.82, 2.24) is 0 Å². The van der Waals surface area contributed by atoms with Gasteiger partial charge in [0.2, 0.25) is 0 Å². The van der Waals surface area contributed by atoms with Crippen molar-refractivity contribution >= 4 is 9.84 Å². The van der Waals surface area contributed by atoms with Crippen LogP contribution < -0.4 is 0 Å². The molecule has 3 heteroatoms. The van der Waals surface area contributed by atoms with Crippen LogP contribution in [0.2, 0.25) is 0 Å². The molecule has 2 nitrogen and oxygen atoms in total. The zero-order chi connectivity index (χ0) is 10.1. The number of rotatable bonds is 2. The second-order valence-corrected chi connectivity index (χ2v) is 5.09. The van der Waals surface area contributed by atoms with Crippen LogP contribution in [-0.4, -0.2) is 14.2 Å². The molecule has 1 aromatic carbocycles. The lowest BCUT2D eigenvalue weighted by molar-refractivity contribution is 0.597. The molecule has 0 N–H and O–H groups in total. The van der Waals surface area contributed by atoms with Crippen LogP contribution in [0.4, 0.5) is 0 Å². The van der Waals surface area contributed by atoms with Crippen molar-refractivity contribution in [2.45, 2.75) is 18.7 Å². The number of hydrogen-bond donors (Lipinski definition) is 0. The highest BCUT2D eigenvalue weighted by Gasteiger charge is 2.16. The summed E-state index contributed by atoms with van der Waals surface area (Å²) in [7, 11) is -3.17. The average Bonchev–Trinajstić information content (AvgIpc) is 2.03. The highest BCUT2D eigenvalue weighted by atomic mass is 32.2. The van der Waals surface area contributed by atoms with E-state index < -0.39 is 9.84 Å². The molecule has 71 valence electrons. The van der Waals surface area contributed by atoms with E-state index in [-0.39, 0.29) is 5.75 Å². The lowest BCUT2D eigenvalue weighted by Gasteiger charge is -2.08. The summed E-state index contributed by atoms with van der Waals surface area (Å²) in [5.41, 5.74) is 1.59. The predicted octanol–water partition coefficient (Wildman–Crippen LogP) is 1.91. The third-order valence-corrected chi connectivity index (χ3v) is 3.79. The first kappa shape index (κ1) is 10.3. The van der Waals surface area contributed by atoms with E-state index in [1.807, 2.05) is 6.07 Å². The monoisotopic (exact) mass is 197 g/mol. The van der Waals surface area contributed by atoms with Crippen LogP contribution in [0, 0.1) is 20.8 Å². The van der Waals surface area contributed by atoms with E-state index in [4.69, 9.17) is 0 Å². The van der Waals surface area contributed by atoms with E-state index in [1.54, 1.807) is 26.0 Å². The van der Waals surface area contributed by atoms with Crippen LogP contribution in [0.1, 0.15) is 11.1 Å². The Morgan fingerprint density at radius 2 is 1.69 bits per heavy atom. The van der Waals surface area contributed by atoms with E-state index in [2.05, 4.69) is 6.92 Å². The molecule has 0 heterocycles. The maximum absolute atomic E-state index is 11.6. The summed E-state index contributed by atoms with van der Waals surface area (Å²) in [5, 5.41) is 0. The molecule has 0 bridgehead atoms. The zero-order valence-corrected chi connectivity index (χ0v) is 8.69. The average molecular weight is 197 g/mol. The molecule has 0 aliphatic carbocycles. The zero-order valence-electron chi connectivity index (χ0n) is 7.87. The standard InChI is InChI=1S/C10H13O2S/c1-4-13(11,12)10-8(2)6-5-7-9(10)3/h5-7H,1,4H2,2-3H3. The van der Waals surface area contributed by atoms with Gasteiger partial charge in [0.1, 0.15) is 0 Å². The summed E-state index contributed by atoms with van der Waals surface area (Å²) >= 11 is 0. The van der Waals surface area contributed by atoms with Gasteiger partial charge in [0.05, 0.1) is 10.6 Å². The third-order valence-electron chi connectivity index (χ3n) is 1.99. The molecule has 0 aliphatic heterocycles. The summed E-state index contributed by atoms with van der Waals surface area (Å²) in [5.74, 6) is -0.0846. The van der Waals surface area contributed by atoms with Gasteiger partial charge < -0.3 is 0 Å². The number of hydrogen-bond acceptors (Lipinski definition) is 2.